The van der Waals surface area contributed by atoms with Gasteiger partial charge in [-0.3, -0.25) is 0 Å². The number of urea groups is 1. The van der Waals surface area contributed by atoms with Crippen LogP contribution in [0.2, 0.25) is 0 Å². The predicted molar refractivity (Wildman–Crippen MR) is 114 cm³/mol. The van der Waals surface area contributed by atoms with Crippen LogP contribution in [-0.2, 0) is 15.9 Å². The number of amides is 2. The van der Waals surface area contributed by atoms with Gasteiger partial charge in [-0.15, -0.1) is 0 Å². The predicted octanol–water partition coefficient (Wildman–Crippen LogP) is 2.98. The van der Waals surface area contributed by atoms with Crippen LogP contribution in [0.25, 0.3) is 0 Å². The number of benzene rings is 2. The van der Waals surface area contributed by atoms with Gasteiger partial charge in [0.25, 0.3) is 0 Å². The van der Waals surface area contributed by atoms with Crippen molar-refractivity contribution in [1.29, 1.82) is 0 Å². The molecular weight excluding hydrogens is 404 g/mol. The fraction of sp³-hybridized carbons (Fsp3) is 0.318. The lowest BCUT2D eigenvalue weighted by molar-refractivity contribution is 0.0587. The molecule has 9 nitrogen and oxygen atoms in total. The first-order chi connectivity index (χ1) is 14.8. The van der Waals surface area contributed by atoms with Crippen LogP contribution in [0.4, 0.5) is 10.5 Å². The maximum Gasteiger partial charge on any atom is 0.339 e. The lowest BCUT2D eigenvalue weighted by atomic mass is 10.1. The standard InChI is InChI=1S/C22H26N2O7/c1-24(11-10-14-6-9-18(28-2)19(12-14)29-3)22(27)23-17-13-15(20(25)30-4)7-8-16(17)21(26)31-5/h6-9,12-13H,10-11H2,1-5H3,(H,23,27). The molecule has 0 saturated carbocycles. The first kappa shape index (κ1) is 23.5. The van der Waals surface area contributed by atoms with E-state index >= 15 is 0 Å². The molecule has 0 radical (unpaired) electrons. The van der Waals surface area contributed by atoms with E-state index in [9.17, 15) is 14.4 Å². The summed E-state index contributed by atoms with van der Waals surface area (Å²) in [6.45, 7) is 0.394. The van der Waals surface area contributed by atoms with Gasteiger partial charge in [0.15, 0.2) is 11.5 Å². The molecule has 0 aliphatic heterocycles. The zero-order chi connectivity index (χ0) is 23.0. The molecule has 0 atom stereocenters. The minimum Gasteiger partial charge on any atom is -0.493 e. The van der Waals surface area contributed by atoms with Gasteiger partial charge in [-0.1, -0.05) is 6.07 Å². The first-order valence-corrected chi connectivity index (χ1v) is 9.38. The third-order valence-corrected chi connectivity index (χ3v) is 4.62. The molecule has 0 unspecified atom stereocenters. The third-order valence-electron chi connectivity index (χ3n) is 4.62. The Kier molecular flexibility index (Phi) is 8.25. The van der Waals surface area contributed by atoms with E-state index in [1.54, 1.807) is 27.3 Å². The van der Waals surface area contributed by atoms with Crippen molar-refractivity contribution in [1.82, 2.24) is 4.90 Å². The van der Waals surface area contributed by atoms with Crippen molar-refractivity contribution in [3.05, 3.63) is 53.1 Å². The second-order valence-electron chi connectivity index (χ2n) is 6.53. The highest BCUT2D eigenvalue weighted by Gasteiger charge is 2.19. The molecule has 9 heteroatoms. The highest BCUT2D eigenvalue weighted by molar-refractivity contribution is 6.03. The zero-order valence-corrected chi connectivity index (χ0v) is 18.2. The van der Waals surface area contributed by atoms with E-state index in [1.165, 1.54) is 37.3 Å². The summed E-state index contributed by atoms with van der Waals surface area (Å²) in [7, 11) is 7.22. The van der Waals surface area contributed by atoms with Crippen LogP contribution in [-0.4, -0.2) is 64.9 Å². The van der Waals surface area contributed by atoms with Crippen molar-refractivity contribution in [2.24, 2.45) is 0 Å². The number of rotatable bonds is 8. The van der Waals surface area contributed by atoms with Gasteiger partial charge in [-0.25, -0.2) is 14.4 Å². The van der Waals surface area contributed by atoms with E-state index in [0.717, 1.165) is 5.56 Å². The average molecular weight is 430 g/mol. The summed E-state index contributed by atoms with van der Waals surface area (Å²) in [5.74, 6) is 0.000967. The molecule has 0 aliphatic carbocycles. The molecule has 2 aromatic carbocycles. The summed E-state index contributed by atoms with van der Waals surface area (Å²) in [5.41, 5.74) is 1.42. The quantitative estimate of drug-likeness (QED) is 0.642. The molecule has 1 N–H and O–H groups in total. The number of hydrogen-bond donors (Lipinski definition) is 1. The largest absolute Gasteiger partial charge is 0.493 e. The summed E-state index contributed by atoms with van der Waals surface area (Å²) >= 11 is 0. The Morgan fingerprint density at radius 1 is 0.871 bits per heavy atom. The molecule has 0 heterocycles. The fourth-order valence-electron chi connectivity index (χ4n) is 2.83. The molecule has 2 rings (SSSR count). The topological polar surface area (TPSA) is 103 Å². The summed E-state index contributed by atoms with van der Waals surface area (Å²) in [6, 6.07) is 9.29. The highest BCUT2D eigenvalue weighted by atomic mass is 16.5. The number of esters is 2. The van der Waals surface area contributed by atoms with Gasteiger partial charge in [0.2, 0.25) is 0 Å². The van der Waals surface area contributed by atoms with E-state index in [-0.39, 0.29) is 16.8 Å². The maximum absolute atomic E-state index is 12.7. The molecule has 2 aromatic rings. The Balaban J connectivity index is 2.13. The summed E-state index contributed by atoms with van der Waals surface area (Å²) in [4.78, 5) is 38.0. The van der Waals surface area contributed by atoms with Crippen LogP contribution in [0, 0.1) is 0 Å². The molecule has 2 amide bonds. The van der Waals surface area contributed by atoms with Crippen molar-refractivity contribution < 1.29 is 33.3 Å². The molecule has 0 aromatic heterocycles. The fourth-order valence-corrected chi connectivity index (χ4v) is 2.83. The molecule has 0 aliphatic rings. The van der Waals surface area contributed by atoms with Crippen molar-refractivity contribution >= 4 is 23.7 Å². The number of nitrogens with one attached hydrogen (secondary N) is 1. The highest BCUT2D eigenvalue weighted by Crippen LogP contribution is 2.27. The van der Waals surface area contributed by atoms with Crippen LogP contribution < -0.4 is 14.8 Å². The van der Waals surface area contributed by atoms with Crippen LogP contribution >= 0.6 is 0 Å². The van der Waals surface area contributed by atoms with E-state index in [0.29, 0.717) is 24.5 Å². The summed E-state index contributed by atoms with van der Waals surface area (Å²) < 4.78 is 20.0. The van der Waals surface area contributed by atoms with Gasteiger partial charge >= 0.3 is 18.0 Å². The SMILES string of the molecule is COC(=O)c1ccc(C(=O)OC)c(NC(=O)N(C)CCc2ccc(OC)c(OC)c2)c1. The minimum absolute atomic E-state index is 0.122. The zero-order valence-electron chi connectivity index (χ0n) is 18.2. The van der Waals surface area contributed by atoms with Crippen LogP contribution in [0.3, 0.4) is 0 Å². The van der Waals surface area contributed by atoms with Crippen LogP contribution in [0.1, 0.15) is 26.3 Å². The van der Waals surface area contributed by atoms with Gasteiger partial charge in [0.05, 0.1) is 45.3 Å². The lowest BCUT2D eigenvalue weighted by Crippen LogP contribution is -2.33. The normalized spacial score (nSPS) is 10.1. The van der Waals surface area contributed by atoms with Crippen molar-refractivity contribution in [2.45, 2.75) is 6.42 Å². The molecule has 0 fully saturated rings. The smallest absolute Gasteiger partial charge is 0.339 e. The Bertz CT molecular complexity index is 959. The number of carbonyl (C=O) groups is 3. The summed E-state index contributed by atoms with van der Waals surface area (Å²) in [5, 5.41) is 2.66. The average Bonchev–Trinajstić information content (AvgIpc) is 2.80. The Hall–Kier alpha value is -3.75. The molecule has 0 spiro atoms. The number of hydrogen-bond acceptors (Lipinski definition) is 7. The van der Waals surface area contributed by atoms with Gasteiger partial charge in [-0.05, 0) is 42.3 Å². The molecule has 31 heavy (non-hydrogen) atoms. The van der Waals surface area contributed by atoms with E-state index in [2.05, 4.69) is 5.32 Å². The third kappa shape index (κ3) is 5.88. The number of methoxy groups -OCH3 is 4. The van der Waals surface area contributed by atoms with E-state index in [4.69, 9.17) is 18.9 Å². The second-order valence-corrected chi connectivity index (χ2v) is 6.53. The molecular formula is C22H26N2O7. The van der Waals surface area contributed by atoms with E-state index in [1.807, 2.05) is 12.1 Å². The number of anilines is 1. The minimum atomic E-state index is -0.639. The number of likely N-dealkylation sites (N-methyl/N-ethyl adjacent to an activating group) is 1. The monoisotopic (exact) mass is 430 g/mol. The number of ether oxygens (including phenoxy) is 4. The molecule has 0 bridgehead atoms. The first-order valence-electron chi connectivity index (χ1n) is 9.38. The van der Waals surface area contributed by atoms with Crippen molar-refractivity contribution in [3.63, 3.8) is 0 Å². The van der Waals surface area contributed by atoms with E-state index < -0.39 is 18.0 Å². The van der Waals surface area contributed by atoms with Crippen LogP contribution in [0.15, 0.2) is 36.4 Å². The van der Waals surface area contributed by atoms with Crippen LogP contribution in [0.5, 0.6) is 11.5 Å². The van der Waals surface area contributed by atoms with Crippen molar-refractivity contribution in [2.75, 3.05) is 47.3 Å². The Morgan fingerprint density at radius 3 is 2.16 bits per heavy atom. The lowest BCUT2D eigenvalue weighted by Gasteiger charge is -2.19. The maximum atomic E-state index is 12.7. The number of nitrogens with zero attached hydrogens (tertiary/aromatic N) is 1. The molecule has 166 valence electrons. The Morgan fingerprint density at radius 2 is 1.55 bits per heavy atom. The van der Waals surface area contributed by atoms with Gasteiger partial charge in [-0.2, -0.15) is 0 Å². The summed E-state index contributed by atoms with van der Waals surface area (Å²) in [6.07, 6.45) is 0.566. The van der Waals surface area contributed by atoms with Gasteiger partial charge in [0.1, 0.15) is 0 Å². The van der Waals surface area contributed by atoms with Crippen molar-refractivity contribution in [3.8, 4) is 11.5 Å². The molecule has 0 saturated heterocycles. The second kappa shape index (κ2) is 10.9. The van der Waals surface area contributed by atoms with Gasteiger partial charge < -0.3 is 29.2 Å². The van der Waals surface area contributed by atoms with Gasteiger partial charge in [0, 0.05) is 13.6 Å². The number of carbonyl (C=O) groups excluding carboxylic acids is 3. The Labute approximate surface area is 180 Å².